The van der Waals surface area contributed by atoms with Gasteiger partial charge >= 0.3 is 12.2 Å². The Hall–Kier alpha value is -2.76. The lowest BCUT2D eigenvalue weighted by molar-refractivity contribution is 0.0429. The summed E-state index contributed by atoms with van der Waals surface area (Å²) < 4.78 is 13.7. The van der Waals surface area contributed by atoms with Gasteiger partial charge in [-0.3, -0.25) is 4.57 Å². The Morgan fingerprint density at radius 2 is 1.45 bits per heavy atom. The van der Waals surface area contributed by atoms with Gasteiger partial charge in [0.15, 0.2) is 17.0 Å². The third kappa shape index (κ3) is 5.49. The Kier molecular flexibility index (Phi) is 6.21. The zero-order valence-electron chi connectivity index (χ0n) is 18.2. The van der Waals surface area contributed by atoms with E-state index in [9.17, 15) is 9.59 Å². The van der Waals surface area contributed by atoms with Crippen molar-refractivity contribution in [3.05, 3.63) is 40.5 Å². The van der Waals surface area contributed by atoms with Crippen molar-refractivity contribution in [3.8, 4) is 5.69 Å². The van der Waals surface area contributed by atoms with Crippen LogP contribution in [0.25, 0.3) is 16.9 Å². The molecule has 0 atom stereocenters. The summed E-state index contributed by atoms with van der Waals surface area (Å²) in [6, 6.07) is 7.75. The van der Waals surface area contributed by atoms with Crippen LogP contribution in [0.3, 0.4) is 0 Å². The maximum Gasteiger partial charge on any atom is 0.425 e. The zero-order valence-corrected chi connectivity index (χ0v) is 20.4. The average molecular weight is 537 g/mol. The summed E-state index contributed by atoms with van der Waals surface area (Å²) in [4.78, 5) is 39.5. The topological polar surface area (TPSA) is 99.4 Å². The monoisotopic (exact) mass is 537 g/mol. The molecule has 0 radical (unpaired) electrons. The van der Waals surface area contributed by atoms with Gasteiger partial charge in [-0.15, -0.1) is 0 Å². The van der Waals surface area contributed by atoms with Crippen LogP contribution in [-0.4, -0.2) is 42.9 Å². The predicted molar refractivity (Wildman–Crippen MR) is 124 cm³/mol. The molecule has 2 aromatic heterocycles. The van der Waals surface area contributed by atoms with E-state index in [1.54, 1.807) is 52.4 Å². The first-order valence-electron chi connectivity index (χ1n) is 9.56. The Bertz CT molecular complexity index is 1090. The minimum Gasteiger partial charge on any atom is -0.443 e. The third-order valence-electron chi connectivity index (χ3n) is 3.78. The van der Waals surface area contributed by atoms with E-state index in [2.05, 4.69) is 37.5 Å². The maximum absolute atomic E-state index is 13.0. The number of imidazole rings is 1. The molecule has 0 bridgehead atoms. The fourth-order valence-corrected chi connectivity index (χ4v) is 3.00. The normalized spacial score (nSPS) is 12.0. The number of nitrogens with zero attached hydrogens (tertiary/aromatic N) is 5. The van der Waals surface area contributed by atoms with Crippen molar-refractivity contribution in [1.82, 2.24) is 19.5 Å². The number of hydrogen-bond acceptors (Lipinski definition) is 7. The highest BCUT2D eigenvalue weighted by atomic mass is 127. The third-order valence-corrected chi connectivity index (χ3v) is 4.50. The number of benzene rings is 1. The molecular weight excluding hydrogens is 513 g/mol. The summed E-state index contributed by atoms with van der Waals surface area (Å²) in [6.45, 7) is 10.2. The van der Waals surface area contributed by atoms with Gasteiger partial charge in [0.25, 0.3) is 0 Å². The largest absolute Gasteiger partial charge is 0.443 e. The summed E-state index contributed by atoms with van der Waals surface area (Å²) in [5, 5.41) is 0. The van der Waals surface area contributed by atoms with Crippen LogP contribution in [0.5, 0.6) is 0 Å². The van der Waals surface area contributed by atoms with Crippen molar-refractivity contribution in [1.29, 1.82) is 0 Å². The van der Waals surface area contributed by atoms with Gasteiger partial charge in [0.2, 0.25) is 0 Å². The number of ether oxygens (including phenoxy) is 2. The van der Waals surface area contributed by atoms with E-state index in [4.69, 9.17) is 9.47 Å². The summed E-state index contributed by atoms with van der Waals surface area (Å²) >= 11 is 2.22. The van der Waals surface area contributed by atoms with Gasteiger partial charge in [-0.2, -0.15) is 4.90 Å². The molecule has 0 unspecified atom stereocenters. The van der Waals surface area contributed by atoms with E-state index in [1.807, 2.05) is 24.3 Å². The molecule has 0 spiro atoms. The molecule has 9 nitrogen and oxygen atoms in total. The maximum atomic E-state index is 13.0. The second-order valence-electron chi connectivity index (χ2n) is 8.76. The molecule has 10 heteroatoms. The first kappa shape index (κ1) is 22.9. The van der Waals surface area contributed by atoms with Gasteiger partial charge in [-0.1, -0.05) is 0 Å². The van der Waals surface area contributed by atoms with E-state index in [-0.39, 0.29) is 11.3 Å². The molecule has 0 N–H and O–H groups in total. The van der Waals surface area contributed by atoms with Gasteiger partial charge in [0, 0.05) is 9.26 Å². The van der Waals surface area contributed by atoms with Crippen LogP contribution in [0.15, 0.2) is 36.9 Å². The molecule has 1 aromatic carbocycles. The number of rotatable bonds is 2. The first-order valence-corrected chi connectivity index (χ1v) is 10.6. The molecule has 31 heavy (non-hydrogen) atoms. The summed E-state index contributed by atoms with van der Waals surface area (Å²) in [5.41, 5.74) is -0.136. The highest BCUT2D eigenvalue weighted by Gasteiger charge is 2.35. The Morgan fingerprint density at radius 3 is 1.97 bits per heavy atom. The highest BCUT2D eigenvalue weighted by molar-refractivity contribution is 14.1. The van der Waals surface area contributed by atoms with Crippen LogP contribution in [0.2, 0.25) is 0 Å². The Morgan fingerprint density at radius 1 is 0.903 bits per heavy atom. The fraction of sp³-hybridized carbons (Fsp3) is 0.381. The molecular formula is C21H24IN5O4. The van der Waals surface area contributed by atoms with E-state index >= 15 is 0 Å². The van der Waals surface area contributed by atoms with Crippen molar-refractivity contribution >= 4 is 51.8 Å². The lowest BCUT2D eigenvalue weighted by Gasteiger charge is -2.28. The lowest BCUT2D eigenvalue weighted by atomic mass is 10.2. The molecule has 2 amide bonds. The number of fused-ring (bicyclic) bond motifs is 1. The Labute approximate surface area is 193 Å². The van der Waals surface area contributed by atoms with Crippen molar-refractivity contribution < 1.29 is 19.1 Å². The van der Waals surface area contributed by atoms with Crippen molar-refractivity contribution in [2.45, 2.75) is 52.7 Å². The number of carbonyl (C=O) groups is 2. The van der Waals surface area contributed by atoms with Crippen LogP contribution in [-0.2, 0) is 9.47 Å². The number of imide groups is 1. The van der Waals surface area contributed by atoms with Crippen LogP contribution >= 0.6 is 22.6 Å². The van der Waals surface area contributed by atoms with Gasteiger partial charge < -0.3 is 9.47 Å². The van der Waals surface area contributed by atoms with Gasteiger partial charge in [0.05, 0.1) is 0 Å². The van der Waals surface area contributed by atoms with E-state index in [1.165, 1.54) is 6.33 Å². The number of hydrogen-bond donors (Lipinski definition) is 0. The smallest absolute Gasteiger partial charge is 0.425 e. The molecule has 0 aliphatic heterocycles. The first-order chi connectivity index (χ1) is 14.4. The SMILES string of the molecule is CC(C)(C)OC(=O)N(C(=O)OC(C)(C)C)c1ncnc2c1ncn2-c1ccc(I)cc1. The molecule has 3 aromatic rings. The molecule has 0 fully saturated rings. The summed E-state index contributed by atoms with van der Waals surface area (Å²) in [5.74, 6) is -0.0160. The molecule has 164 valence electrons. The standard InChI is InChI=1S/C21H24IN5O4/c1-20(2,3)30-18(28)27(19(29)31-21(4,5)6)17-15-16(23-11-24-17)26(12-25-15)14-9-7-13(22)8-10-14/h7-12H,1-6H3. The van der Waals surface area contributed by atoms with Crippen molar-refractivity contribution in [2.75, 3.05) is 4.90 Å². The van der Waals surface area contributed by atoms with Crippen molar-refractivity contribution in [2.24, 2.45) is 0 Å². The molecule has 0 saturated carbocycles. The van der Waals surface area contributed by atoms with E-state index < -0.39 is 23.4 Å². The van der Waals surface area contributed by atoms with Gasteiger partial charge in [-0.25, -0.2) is 24.5 Å². The number of anilines is 1. The quantitative estimate of drug-likeness (QED) is 0.420. The Balaban J connectivity index is 2.12. The van der Waals surface area contributed by atoms with Crippen LogP contribution < -0.4 is 4.90 Å². The van der Waals surface area contributed by atoms with Crippen LogP contribution in [0.1, 0.15) is 41.5 Å². The van der Waals surface area contributed by atoms with E-state index in [0.717, 1.165) is 14.2 Å². The minimum absolute atomic E-state index is 0.0160. The number of aromatic nitrogens is 4. The minimum atomic E-state index is -0.912. The molecule has 0 aliphatic rings. The second kappa shape index (κ2) is 8.40. The number of halogens is 1. The zero-order chi connectivity index (χ0) is 23.0. The van der Waals surface area contributed by atoms with Gasteiger partial charge in [-0.05, 0) is 88.4 Å². The fourth-order valence-electron chi connectivity index (χ4n) is 2.64. The van der Waals surface area contributed by atoms with Gasteiger partial charge in [0.1, 0.15) is 23.9 Å². The number of amides is 2. The number of carbonyl (C=O) groups excluding carboxylic acids is 2. The second-order valence-corrected chi connectivity index (χ2v) is 10.0. The van der Waals surface area contributed by atoms with Crippen LogP contribution in [0, 0.1) is 3.57 Å². The highest BCUT2D eigenvalue weighted by Crippen LogP contribution is 2.27. The summed E-state index contributed by atoms with van der Waals surface area (Å²) in [6.07, 6.45) is 1.01. The predicted octanol–water partition coefficient (Wildman–Crippen LogP) is 5.10. The molecule has 0 saturated heterocycles. The molecule has 3 rings (SSSR count). The van der Waals surface area contributed by atoms with E-state index in [0.29, 0.717) is 5.65 Å². The molecule has 0 aliphatic carbocycles. The average Bonchev–Trinajstić information content (AvgIpc) is 3.04. The summed E-state index contributed by atoms with van der Waals surface area (Å²) in [7, 11) is 0. The van der Waals surface area contributed by atoms with Crippen LogP contribution in [0.4, 0.5) is 15.4 Å². The lowest BCUT2D eigenvalue weighted by Crippen LogP contribution is -2.44. The molecule has 2 heterocycles. The van der Waals surface area contributed by atoms with Crippen molar-refractivity contribution in [3.63, 3.8) is 0 Å².